The molecule has 1 aromatic carbocycles. The number of benzene rings is 1. The fourth-order valence-corrected chi connectivity index (χ4v) is 1.36. The normalized spacial score (nSPS) is 9.82. The Labute approximate surface area is 68.5 Å². The second-order valence-corrected chi connectivity index (χ2v) is 2.85. The van der Waals surface area contributed by atoms with Crippen molar-refractivity contribution in [2.45, 2.75) is 0 Å². The van der Waals surface area contributed by atoms with Crippen molar-refractivity contribution in [2.75, 3.05) is 0 Å². The highest BCUT2D eigenvalue weighted by molar-refractivity contribution is 7.12. The van der Waals surface area contributed by atoms with Crippen LogP contribution in [0.25, 0.3) is 10.6 Å². The Morgan fingerprint density at radius 2 is 2.36 bits per heavy atom. The van der Waals surface area contributed by atoms with Crippen LogP contribution >= 0.6 is 11.3 Å². The highest BCUT2D eigenvalue weighted by atomic mass is 32.1. The van der Waals surface area contributed by atoms with Crippen LogP contribution < -0.4 is 0 Å². The molecule has 0 fully saturated rings. The molecule has 1 heterocycles. The monoisotopic (exact) mass is 161 g/mol. The fraction of sp³-hybridized carbons (Fsp3) is 0. The third-order valence-corrected chi connectivity index (χ3v) is 2.02. The Hall–Kier alpha value is -1.22. The van der Waals surface area contributed by atoms with E-state index in [0.29, 0.717) is 0 Å². The standard InChI is InChI=1S/C8H5N2S/c1-2-4-7(5-3-1)8-10-9-6-11-8/h1-4,6H. The minimum absolute atomic E-state index is 0.922. The zero-order valence-electron chi connectivity index (χ0n) is 5.69. The summed E-state index contributed by atoms with van der Waals surface area (Å²) in [5.74, 6) is 0. The molecule has 1 aromatic heterocycles. The first-order valence-corrected chi connectivity index (χ1v) is 4.08. The van der Waals surface area contributed by atoms with E-state index in [4.69, 9.17) is 0 Å². The highest BCUT2D eigenvalue weighted by Crippen LogP contribution is 2.18. The summed E-state index contributed by atoms with van der Waals surface area (Å²) in [6.45, 7) is 0. The van der Waals surface area contributed by atoms with Crippen LogP contribution in [0.15, 0.2) is 29.8 Å². The molecule has 0 aliphatic heterocycles. The van der Waals surface area contributed by atoms with Gasteiger partial charge in [-0.05, 0) is 6.07 Å². The lowest BCUT2D eigenvalue weighted by Gasteiger charge is -1.89. The topological polar surface area (TPSA) is 25.8 Å². The van der Waals surface area contributed by atoms with Crippen molar-refractivity contribution in [3.8, 4) is 10.6 Å². The van der Waals surface area contributed by atoms with Gasteiger partial charge in [-0.25, -0.2) is 0 Å². The molecule has 0 unspecified atom stereocenters. The maximum absolute atomic E-state index is 3.92. The van der Waals surface area contributed by atoms with Crippen molar-refractivity contribution in [1.29, 1.82) is 0 Å². The van der Waals surface area contributed by atoms with Gasteiger partial charge in [-0.15, -0.1) is 10.2 Å². The van der Waals surface area contributed by atoms with E-state index >= 15 is 0 Å². The molecule has 53 valence electrons. The van der Waals surface area contributed by atoms with Crippen molar-refractivity contribution >= 4 is 11.3 Å². The first-order valence-electron chi connectivity index (χ1n) is 3.20. The number of rotatable bonds is 1. The lowest BCUT2D eigenvalue weighted by molar-refractivity contribution is 1.09. The summed E-state index contributed by atoms with van der Waals surface area (Å²) in [7, 11) is 0. The van der Waals surface area contributed by atoms with E-state index in [0.717, 1.165) is 10.6 Å². The number of hydrogen-bond donors (Lipinski definition) is 0. The quantitative estimate of drug-likeness (QED) is 0.639. The SMILES string of the molecule is [c]1ccccc1-c1nncs1. The van der Waals surface area contributed by atoms with Crippen molar-refractivity contribution in [2.24, 2.45) is 0 Å². The smallest absolute Gasteiger partial charge is 0.147 e. The van der Waals surface area contributed by atoms with Gasteiger partial charge in [0.15, 0.2) is 0 Å². The molecule has 0 aliphatic carbocycles. The predicted octanol–water partition coefficient (Wildman–Crippen LogP) is 2.01. The van der Waals surface area contributed by atoms with Crippen LogP contribution in [0.1, 0.15) is 0 Å². The lowest BCUT2D eigenvalue weighted by atomic mass is 10.2. The summed E-state index contributed by atoms with van der Waals surface area (Å²) in [6.07, 6.45) is 0. The van der Waals surface area contributed by atoms with Crippen LogP contribution in [0.4, 0.5) is 0 Å². The van der Waals surface area contributed by atoms with Crippen molar-refractivity contribution in [1.82, 2.24) is 10.2 Å². The van der Waals surface area contributed by atoms with Crippen molar-refractivity contribution in [3.05, 3.63) is 35.8 Å². The molecule has 11 heavy (non-hydrogen) atoms. The van der Waals surface area contributed by atoms with Gasteiger partial charge in [0.25, 0.3) is 0 Å². The molecule has 0 N–H and O–H groups in total. The average Bonchev–Trinajstić information content (AvgIpc) is 2.58. The van der Waals surface area contributed by atoms with E-state index in [9.17, 15) is 0 Å². The van der Waals surface area contributed by atoms with E-state index in [1.807, 2.05) is 24.3 Å². The summed E-state index contributed by atoms with van der Waals surface area (Å²) in [4.78, 5) is 0. The Morgan fingerprint density at radius 3 is 3.00 bits per heavy atom. The molecule has 0 saturated carbocycles. The molecular weight excluding hydrogens is 156 g/mol. The van der Waals surface area contributed by atoms with Crippen LogP contribution in [0.3, 0.4) is 0 Å². The van der Waals surface area contributed by atoms with Gasteiger partial charge in [0.1, 0.15) is 10.5 Å². The molecule has 0 spiro atoms. The van der Waals surface area contributed by atoms with E-state index in [-0.39, 0.29) is 0 Å². The maximum atomic E-state index is 3.92. The Bertz CT molecular complexity index is 315. The van der Waals surface area contributed by atoms with Crippen LogP contribution in [0.2, 0.25) is 0 Å². The Morgan fingerprint density at radius 1 is 1.36 bits per heavy atom. The average molecular weight is 161 g/mol. The van der Waals surface area contributed by atoms with E-state index in [2.05, 4.69) is 16.3 Å². The first kappa shape index (κ1) is 6.49. The van der Waals surface area contributed by atoms with Gasteiger partial charge in [0.05, 0.1) is 0 Å². The van der Waals surface area contributed by atoms with Crippen LogP contribution in [-0.4, -0.2) is 10.2 Å². The summed E-state index contributed by atoms with van der Waals surface area (Å²) in [5, 5.41) is 8.59. The second-order valence-electron chi connectivity index (χ2n) is 2.02. The maximum Gasteiger partial charge on any atom is 0.148 e. The second kappa shape index (κ2) is 2.80. The molecule has 0 aliphatic rings. The van der Waals surface area contributed by atoms with Crippen molar-refractivity contribution < 1.29 is 0 Å². The zero-order chi connectivity index (χ0) is 7.52. The summed E-state index contributed by atoms with van der Waals surface area (Å²) >= 11 is 1.52. The number of aromatic nitrogens is 2. The van der Waals surface area contributed by atoms with E-state index < -0.39 is 0 Å². The van der Waals surface area contributed by atoms with Crippen LogP contribution in [0, 0.1) is 6.07 Å². The van der Waals surface area contributed by atoms with Crippen LogP contribution in [-0.2, 0) is 0 Å². The van der Waals surface area contributed by atoms with E-state index in [1.165, 1.54) is 11.3 Å². The zero-order valence-corrected chi connectivity index (χ0v) is 6.51. The molecule has 2 aromatic rings. The molecule has 0 amide bonds. The summed E-state index contributed by atoms with van der Waals surface area (Å²) < 4.78 is 0. The van der Waals surface area contributed by atoms with Gasteiger partial charge < -0.3 is 0 Å². The van der Waals surface area contributed by atoms with Gasteiger partial charge in [-0.2, -0.15) is 0 Å². The van der Waals surface area contributed by atoms with Gasteiger partial charge in [0, 0.05) is 5.56 Å². The van der Waals surface area contributed by atoms with Gasteiger partial charge in [0.2, 0.25) is 0 Å². The molecule has 1 radical (unpaired) electrons. The third kappa shape index (κ3) is 1.28. The molecule has 2 rings (SSSR count). The molecule has 3 heteroatoms. The van der Waals surface area contributed by atoms with E-state index in [1.54, 1.807) is 5.51 Å². The molecule has 0 bridgehead atoms. The van der Waals surface area contributed by atoms with Crippen LogP contribution in [0.5, 0.6) is 0 Å². The van der Waals surface area contributed by atoms with Crippen molar-refractivity contribution in [3.63, 3.8) is 0 Å². The summed E-state index contributed by atoms with van der Waals surface area (Å²) in [5.41, 5.74) is 2.73. The number of hydrogen-bond acceptors (Lipinski definition) is 3. The minimum atomic E-state index is 0.922. The Balaban J connectivity index is 2.46. The molecule has 0 saturated heterocycles. The largest absolute Gasteiger partial charge is 0.148 e. The third-order valence-electron chi connectivity index (χ3n) is 1.30. The molecular formula is C8H5N2S. The first-order chi connectivity index (χ1) is 5.47. The summed E-state index contributed by atoms with van der Waals surface area (Å²) in [6, 6.07) is 10.8. The fourth-order valence-electron chi connectivity index (χ4n) is 0.817. The Kier molecular flexibility index (Phi) is 1.65. The van der Waals surface area contributed by atoms with Gasteiger partial charge in [-0.1, -0.05) is 35.6 Å². The molecule has 2 nitrogen and oxygen atoms in total. The molecule has 0 atom stereocenters. The minimum Gasteiger partial charge on any atom is -0.147 e. The lowest BCUT2D eigenvalue weighted by Crippen LogP contribution is -1.74. The highest BCUT2D eigenvalue weighted by Gasteiger charge is 1.97. The predicted molar refractivity (Wildman–Crippen MR) is 44.2 cm³/mol. The van der Waals surface area contributed by atoms with Gasteiger partial charge in [-0.3, -0.25) is 0 Å². The van der Waals surface area contributed by atoms with Gasteiger partial charge >= 0.3 is 0 Å². The number of nitrogens with zero attached hydrogens (tertiary/aromatic N) is 2.